The van der Waals surface area contributed by atoms with Crippen LogP contribution in [0.15, 0.2) is 59.1 Å². The van der Waals surface area contributed by atoms with Crippen LogP contribution in [0.5, 0.6) is 5.75 Å². The van der Waals surface area contributed by atoms with Gasteiger partial charge in [-0.2, -0.15) is 4.98 Å². The van der Waals surface area contributed by atoms with E-state index >= 15 is 0 Å². The Morgan fingerprint density at radius 1 is 0.897 bits per heavy atom. The molecule has 29 heavy (non-hydrogen) atoms. The van der Waals surface area contributed by atoms with Crippen molar-refractivity contribution in [3.63, 3.8) is 0 Å². The predicted molar refractivity (Wildman–Crippen MR) is 99.2 cm³/mol. The van der Waals surface area contributed by atoms with Gasteiger partial charge in [0, 0.05) is 5.56 Å². The third kappa shape index (κ3) is 3.57. The summed E-state index contributed by atoms with van der Waals surface area (Å²) in [6, 6.07) is 15.2. The summed E-state index contributed by atoms with van der Waals surface area (Å²) in [7, 11) is 1.56. The maximum absolute atomic E-state index is 12.6. The molecule has 0 unspecified atom stereocenters. The molecule has 3 aromatic rings. The van der Waals surface area contributed by atoms with Crippen LogP contribution in [0.25, 0.3) is 11.4 Å². The zero-order valence-electron chi connectivity index (χ0n) is 15.4. The third-order valence-corrected chi connectivity index (χ3v) is 4.43. The van der Waals surface area contributed by atoms with Gasteiger partial charge in [-0.25, -0.2) is 9.69 Å². The molecule has 0 N–H and O–H groups in total. The van der Waals surface area contributed by atoms with E-state index in [-0.39, 0.29) is 19.0 Å². The van der Waals surface area contributed by atoms with Crippen molar-refractivity contribution in [1.82, 2.24) is 19.9 Å². The van der Waals surface area contributed by atoms with Crippen LogP contribution in [0.2, 0.25) is 0 Å². The predicted octanol–water partition coefficient (Wildman–Crippen LogP) is 2.24. The Hall–Kier alpha value is -4.01. The van der Waals surface area contributed by atoms with Crippen molar-refractivity contribution < 1.29 is 23.6 Å². The van der Waals surface area contributed by atoms with E-state index in [9.17, 15) is 14.4 Å². The summed E-state index contributed by atoms with van der Waals surface area (Å²) in [6.45, 7) is -0.264. The molecule has 1 fully saturated rings. The monoisotopic (exact) mass is 392 g/mol. The van der Waals surface area contributed by atoms with Crippen LogP contribution >= 0.6 is 0 Å². The summed E-state index contributed by atoms with van der Waals surface area (Å²) < 4.78 is 10.3. The molecular formula is C20H16N4O5. The molecule has 2 heterocycles. The van der Waals surface area contributed by atoms with Crippen LogP contribution in [0.4, 0.5) is 4.79 Å². The lowest BCUT2D eigenvalue weighted by atomic mass is 10.2. The Morgan fingerprint density at radius 2 is 1.55 bits per heavy atom. The number of nitrogens with zero attached hydrogens (tertiary/aromatic N) is 4. The minimum Gasteiger partial charge on any atom is -0.497 e. The van der Waals surface area contributed by atoms with Gasteiger partial charge in [0.1, 0.15) is 12.3 Å². The Labute approximate surface area is 165 Å². The van der Waals surface area contributed by atoms with Gasteiger partial charge in [0.15, 0.2) is 0 Å². The Morgan fingerprint density at radius 3 is 2.21 bits per heavy atom. The van der Waals surface area contributed by atoms with Gasteiger partial charge in [0.05, 0.1) is 13.7 Å². The average Bonchev–Trinajstić information content (AvgIpc) is 3.30. The van der Waals surface area contributed by atoms with E-state index in [1.54, 1.807) is 55.6 Å². The second-order valence-corrected chi connectivity index (χ2v) is 6.29. The first kappa shape index (κ1) is 18.4. The zero-order chi connectivity index (χ0) is 20.4. The summed E-state index contributed by atoms with van der Waals surface area (Å²) in [5.41, 5.74) is 1.42. The number of carbonyl (C=O) groups excluding carboxylic acids is 3. The number of methoxy groups -OCH3 is 1. The van der Waals surface area contributed by atoms with Crippen molar-refractivity contribution in [2.45, 2.75) is 13.1 Å². The van der Waals surface area contributed by atoms with Crippen molar-refractivity contribution in [3.8, 4) is 17.1 Å². The molecule has 0 spiro atoms. The molecule has 0 atom stereocenters. The van der Waals surface area contributed by atoms with E-state index in [0.29, 0.717) is 17.1 Å². The normalized spacial score (nSPS) is 14.0. The summed E-state index contributed by atoms with van der Waals surface area (Å²) in [4.78, 5) is 43.0. The highest BCUT2D eigenvalue weighted by molar-refractivity contribution is 6.44. The zero-order valence-corrected chi connectivity index (χ0v) is 15.4. The number of ether oxygens (including phenoxy) is 1. The minimum atomic E-state index is -0.921. The van der Waals surface area contributed by atoms with Gasteiger partial charge < -0.3 is 9.26 Å². The number of imide groups is 2. The first-order valence-corrected chi connectivity index (χ1v) is 8.75. The minimum absolute atomic E-state index is 0.0156. The largest absolute Gasteiger partial charge is 0.497 e. The molecule has 0 saturated carbocycles. The van der Waals surface area contributed by atoms with Gasteiger partial charge >= 0.3 is 17.8 Å². The highest BCUT2D eigenvalue weighted by atomic mass is 16.5. The van der Waals surface area contributed by atoms with Crippen LogP contribution < -0.4 is 4.74 Å². The lowest BCUT2D eigenvalue weighted by molar-refractivity contribution is -0.143. The number of aromatic nitrogens is 2. The second-order valence-electron chi connectivity index (χ2n) is 6.29. The van der Waals surface area contributed by atoms with Crippen LogP contribution in [0.1, 0.15) is 11.5 Å². The molecule has 0 aliphatic carbocycles. The van der Waals surface area contributed by atoms with Gasteiger partial charge in [-0.3, -0.25) is 14.5 Å². The van der Waals surface area contributed by atoms with Crippen molar-refractivity contribution in [3.05, 3.63) is 66.1 Å². The van der Waals surface area contributed by atoms with E-state index in [4.69, 9.17) is 9.26 Å². The number of hydrogen-bond acceptors (Lipinski definition) is 7. The van der Waals surface area contributed by atoms with Gasteiger partial charge in [-0.05, 0) is 29.8 Å². The molecule has 0 radical (unpaired) electrons. The fourth-order valence-corrected chi connectivity index (χ4v) is 2.91. The maximum atomic E-state index is 12.6. The molecule has 0 bridgehead atoms. The van der Waals surface area contributed by atoms with Crippen LogP contribution in [0.3, 0.4) is 0 Å². The number of benzene rings is 2. The number of urea groups is 1. The van der Waals surface area contributed by atoms with Crippen LogP contribution in [-0.4, -0.2) is 44.9 Å². The van der Waals surface area contributed by atoms with E-state index in [1.165, 1.54) is 0 Å². The quantitative estimate of drug-likeness (QED) is 0.468. The fourth-order valence-electron chi connectivity index (χ4n) is 2.91. The average molecular weight is 392 g/mol. The van der Waals surface area contributed by atoms with Crippen LogP contribution in [-0.2, 0) is 22.7 Å². The highest BCUT2D eigenvalue weighted by Gasteiger charge is 2.45. The molecular weight excluding hydrogens is 376 g/mol. The van der Waals surface area contributed by atoms with Crippen molar-refractivity contribution in [2.75, 3.05) is 7.11 Å². The molecule has 146 valence electrons. The smallest absolute Gasteiger partial charge is 0.335 e. The third-order valence-electron chi connectivity index (χ3n) is 4.43. The number of rotatable bonds is 6. The summed E-state index contributed by atoms with van der Waals surface area (Å²) >= 11 is 0. The van der Waals surface area contributed by atoms with Gasteiger partial charge in [0.25, 0.3) is 0 Å². The Balaban J connectivity index is 1.49. The molecule has 9 heteroatoms. The van der Waals surface area contributed by atoms with Gasteiger partial charge in [0.2, 0.25) is 11.7 Å². The number of amides is 4. The highest BCUT2D eigenvalue weighted by Crippen LogP contribution is 2.22. The van der Waals surface area contributed by atoms with E-state index in [1.807, 2.05) is 6.07 Å². The number of hydrogen-bond donors (Lipinski definition) is 0. The van der Waals surface area contributed by atoms with Gasteiger partial charge in [-0.1, -0.05) is 35.5 Å². The molecule has 1 aromatic heterocycles. The fraction of sp³-hybridized carbons (Fsp3) is 0.150. The molecule has 1 aliphatic heterocycles. The lowest BCUT2D eigenvalue weighted by Gasteiger charge is -2.14. The van der Waals surface area contributed by atoms with Crippen LogP contribution in [0, 0.1) is 0 Å². The van der Waals surface area contributed by atoms with E-state index < -0.39 is 17.8 Å². The van der Waals surface area contributed by atoms with E-state index in [0.717, 1.165) is 15.4 Å². The van der Waals surface area contributed by atoms with Crippen molar-refractivity contribution in [1.29, 1.82) is 0 Å². The molecule has 4 rings (SSSR count). The number of carbonyl (C=O) groups is 3. The Kier molecular flexibility index (Phi) is 4.78. The summed E-state index contributed by atoms with van der Waals surface area (Å²) in [5, 5.41) is 3.87. The molecule has 1 aliphatic rings. The first-order chi connectivity index (χ1) is 14.1. The SMILES string of the molecule is COc1ccc(-c2noc(CN3C(=O)C(=O)N(Cc4ccccc4)C3=O)n2)cc1. The van der Waals surface area contributed by atoms with E-state index in [2.05, 4.69) is 10.1 Å². The lowest BCUT2D eigenvalue weighted by Crippen LogP contribution is -2.32. The molecule has 9 nitrogen and oxygen atoms in total. The summed E-state index contributed by atoms with van der Waals surface area (Å²) in [5.74, 6) is -0.771. The molecule has 4 amide bonds. The van der Waals surface area contributed by atoms with Gasteiger partial charge in [-0.15, -0.1) is 0 Å². The molecule has 1 saturated heterocycles. The molecule has 2 aromatic carbocycles. The maximum Gasteiger partial charge on any atom is 0.335 e. The van der Waals surface area contributed by atoms with Crippen molar-refractivity contribution in [2.24, 2.45) is 0 Å². The standard InChI is InChI=1S/C20H16N4O5/c1-28-15-9-7-14(8-10-15)17-21-16(29-22-17)12-24-19(26)18(25)23(20(24)27)11-13-5-3-2-4-6-13/h2-10H,11-12H2,1H3. The second kappa shape index (κ2) is 7.55. The first-order valence-electron chi connectivity index (χ1n) is 8.75. The summed E-state index contributed by atoms with van der Waals surface area (Å²) in [6.07, 6.45) is 0. The van der Waals surface area contributed by atoms with Crippen molar-refractivity contribution >= 4 is 17.8 Å². The Bertz CT molecular complexity index is 1060. The topological polar surface area (TPSA) is 106 Å².